The van der Waals surface area contributed by atoms with E-state index < -0.39 is 18.0 Å². The molecule has 0 saturated carbocycles. The second-order valence-corrected chi connectivity index (χ2v) is 11.5. The molecule has 4 heterocycles. The topological polar surface area (TPSA) is 102 Å². The van der Waals surface area contributed by atoms with Crippen LogP contribution in [-0.4, -0.2) is 101 Å². The minimum atomic E-state index is -0.696. The van der Waals surface area contributed by atoms with Gasteiger partial charge in [0.05, 0.1) is 42.7 Å². The molecule has 2 atom stereocenters. The molecular weight excluding hydrogens is 525 g/mol. The second-order valence-electron chi connectivity index (χ2n) is 11.1. The van der Waals surface area contributed by atoms with Gasteiger partial charge >= 0.3 is 0 Å². The Balaban J connectivity index is 0.971. The molecule has 0 unspecified atom stereocenters. The lowest BCUT2D eigenvalue weighted by molar-refractivity contribution is -0.137. The molecule has 11 heteroatoms. The van der Waals surface area contributed by atoms with Crippen LogP contribution in [0.15, 0.2) is 30.6 Å². The minimum absolute atomic E-state index is 0.0275. The molecule has 2 N–H and O–H groups in total. The average Bonchev–Trinajstić information content (AvgIpc) is 3.22. The van der Waals surface area contributed by atoms with Crippen molar-refractivity contribution in [3.63, 3.8) is 0 Å². The number of anilines is 1. The maximum atomic E-state index is 14.7. The molecule has 39 heavy (non-hydrogen) atoms. The summed E-state index contributed by atoms with van der Waals surface area (Å²) in [5, 5.41) is 19.9. The van der Waals surface area contributed by atoms with Gasteiger partial charge in [0, 0.05) is 57.8 Å². The number of aliphatic hydroxyl groups excluding tert-OH is 2. The van der Waals surface area contributed by atoms with Crippen LogP contribution >= 0.6 is 11.6 Å². The zero-order valence-corrected chi connectivity index (χ0v) is 22.8. The van der Waals surface area contributed by atoms with E-state index in [1.54, 1.807) is 29.4 Å². The number of halogens is 2. The van der Waals surface area contributed by atoms with Crippen LogP contribution in [0.5, 0.6) is 5.75 Å². The highest BCUT2D eigenvalue weighted by molar-refractivity contribution is 6.30. The molecule has 5 rings (SSSR count). The molecule has 212 valence electrons. The Morgan fingerprint density at radius 1 is 1.05 bits per heavy atom. The Labute approximate surface area is 233 Å². The second kappa shape index (κ2) is 12.8. The van der Waals surface area contributed by atoms with Crippen LogP contribution in [0.3, 0.4) is 0 Å². The van der Waals surface area contributed by atoms with Crippen molar-refractivity contribution in [1.82, 2.24) is 19.8 Å². The first kappa shape index (κ1) is 28.0. The van der Waals surface area contributed by atoms with Crippen molar-refractivity contribution in [2.45, 2.75) is 44.3 Å². The first-order valence-corrected chi connectivity index (χ1v) is 14.2. The summed E-state index contributed by atoms with van der Waals surface area (Å²) < 4.78 is 20.5. The highest BCUT2D eigenvalue weighted by Crippen LogP contribution is 2.26. The fourth-order valence-corrected chi connectivity index (χ4v) is 5.84. The van der Waals surface area contributed by atoms with Gasteiger partial charge in [-0.3, -0.25) is 9.69 Å². The number of β-amino-alcohol motifs (C(OH)–C–C–N with tert-alkyl or cyclic N) is 2. The smallest absolute Gasteiger partial charge is 0.227 e. The lowest BCUT2D eigenvalue weighted by Crippen LogP contribution is -2.54. The molecule has 0 bridgehead atoms. The standard InChI is InChI=1S/C28H37ClFN5O4/c29-22-12-31-28(32-13-22)34-7-5-19(6-8-34)2-1-9-39-23-4-3-21(24(30)11-23)10-27(38)35-15-20(16-35)14-33-17-25(36)26(37)18-33/h3-4,11-13,19-20,25-26,36-37H,1-2,5-10,14-18H2/t25-,26-/m1/s1. The van der Waals surface area contributed by atoms with E-state index in [1.165, 1.54) is 6.07 Å². The van der Waals surface area contributed by atoms with Gasteiger partial charge in [-0.15, -0.1) is 0 Å². The number of hydrogen-bond donors (Lipinski definition) is 2. The van der Waals surface area contributed by atoms with Crippen LogP contribution in [-0.2, 0) is 11.2 Å². The average molecular weight is 562 g/mol. The van der Waals surface area contributed by atoms with Gasteiger partial charge < -0.3 is 24.7 Å². The predicted molar refractivity (Wildman–Crippen MR) is 145 cm³/mol. The largest absolute Gasteiger partial charge is 0.493 e. The molecule has 1 aromatic carbocycles. The number of ether oxygens (including phenoxy) is 1. The van der Waals surface area contributed by atoms with Crippen LogP contribution in [0.4, 0.5) is 10.3 Å². The summed E-state index contributed by atoms with van der Waals surface area (Å²) in [4.78, 5) is 27.2. The molecule has 9 nitrogen and oxygen atoms in total. The van der Waals surface area contributed by atoms with E-state index >= 15 is 0 Å². The Hall–Kier alpha value is -2.53. The van der Waals surface area contributed by atoms with Crippen molar-refractivity contribution < 1.29 is 24.1 Å². The maximum absolute atomic E-state index is 14.7. The number of carbonyl (C=O) groups is 1. The maximum Gasteiger partial charge on any atom is 0.227 e. The first-order chi connectivity index (χ1) is 18.8. The quantitative estimate of drug-likeness (QED) is 0.426. The van der Waals surface area contributed by atoms with Crippen LogP contribution in [0.1, 0.15) is 31.2 Å². The summed E-state index contributed by atoms with van der Waals surface area (Å²) in [5.74, 6) is 1.64. The molecule has 1 aromatic heterocycles. The Bertz CT molecular complexity index is 1100. The van der Waals surface area contributed by atoms with Crippen LogP contribution < -0.4 is 9.64 Å². The molecule has 3 saturated heterocycles. The van der Waals surface area contributed by atoms with Crippen LogP contribution in [0.25, 0.3) is 0 Å². The number of benzene rings is 1. The molecule has 1 amide bonds. The van der Waals surface area contributed by atoms with Crippen molar-refractivity contribution in [2.24, 2.45) is 11.8 Å². The number of carbonyl (C=O) groups excluding carboxylic acids is 1. The lowest BCUT2D eigenvalue weighted by atomic mass is 9.92. The number of nitrogens with zero attached hydrogens (tertiary/aromatic N) is 5. The summed E-state index contributed by atoms with van der Waals surface area (Å²) in [6.45, 7) is 5.29. The molecular formula is C28H37ClFN5O4. The zero-order valence-electron chi connectivity index (χ0n) is 22.1. The summed E-state index contributed by atoms with van der Waals surface area (Å²) >= 11 is 5.87. The van der Waals surface area contributed by atoms with E-state index in [-0.39, 0.29) is 12.3 Å². The van der Waals surface area contributed by atoms with Crippen molar-refractivity contribution in [3.8, 4) is 5.75 Å². The molecule has 0 aliphatic carbocycles. The van der Waals surface area contributed by atoms with Crippen LogP contribution in [0, 0.1) is 17.7 Å². The van der Waals surface area contributed by atoms with E-state index in [0.29, 0.717) is 61.0 Å². The van der Waals surface area contributed by atoms with Crippen molar-refractivity contribution >= 4 is 23.5 Å². The van der Waals surface area contributed by atoms with E-state index in [1.807, 2.05) is 4.90 Å². The van der Waals surface area contributed by atoms with Gasteiger partial charge in [0.15, 0.2) is 0 Å². The summed E-state index contributed by atoms with van der Waals surface area (Å²) in [7, 11) is 0. The summed E-state index contributed by atoms with van der Waals surface area (Å²) in [5.41, 5.74) is 0.373. The fraction of sp³-hybridized carbons (Fsp3) is 0.607. The first-order valence-electron chi connectivity index (χ1n) is 13.8. The van der Waals surface area contributed by atoms with Crippen LogP contribution in [0.2, 0.25) is 5.02 Å². The van der Waals surface area contributed by atoms with E-state index in [4.69, 9.17) is 16.3 Å². The number of piperidine rings is 1. The van der Waals surface area contributed by atoms with E-state index in [9.17, 15) is 19.4 Å². The molecule has 3 aliphatic rings. The SMILES string of the molecule is O=C(Cc1ccc(OCCCC2CCN(c3ncc(Cl)cn3)CC2)cc1F)N1CC(CN2C[C@@H](O)[C@H](O)C2)C1. The number of hydrogen-bond acceptors (Lipinski definition) is 8. The highest BCUT2D eigenvalue weighted by atomic mass is 35.5. The number of aliphatic hydroxyl groups is 2. The third kappa shape index (κ3) is 7.36. The highest BCUT2D eigenvalue weighted by Gasteiger charge is 2.36. The normalized spacial score (nSPS) is 22.8. The minimum Gasteiger partial charge on any atom is -0.493 e. The van der Waals surface area contributed by atoms with Gasteiger partial charge in [0.2, 0.25) is 11.9 Å². The third-order valence-corrected chi connectivity index (χ3v) is 8.25. The summed E-state index contributed by atoms with van der Waals surface area (Å²) in [6.07, 6.45) is 5.99. The fourth-order valence-electron chi connectivity index (χ4n) is 5.74. The number of aromatic nitrogens is 2. The molecule has 3 aliphatic heterocycles. The van der Waals surface area contributed by atoms with E-state index in [2.05, 4.69) is 14.9 Å². The predicted octanol–water partition coefficient (Wildman–Crippen LogP) is 2.38. The van der Waals surface area contributed by atoms with Gasteiger partial charge in [-0.05, 0) is 43.2 Å². The van der Waals surface area contributed by atoms with E-state index in [0.717, 1.165) is 51.3 Å². The Kier molecular flexibility index (Phi) is 9.17. The number of amides is 1. The summed E-state index contributed by atoms with van der Waals surface area (Å²) in [6, 6.07) is 4.75. The molecule has 0 spiro atoms. The molecule has 0 radical (unpaired) electrons. The zero-order chi connectivity index (χ0) is 27.4. The molecule has 2 aromatic rings. The van der Waals surface area contributed by atoms with Gasteiger partial charge in [-0.1, -0.05) is 17.7 Å². The lowest BCUT2D eigenvalue weighted by Gasteiger charge is -2.41. The number of rotatable bonds is 10. The molecule has 3 fully saturated rings. The van der Waals surface area contributed by atoms with Crippen molar-refractivity contribution in [2.75, 3.05) is 57.3 Å². The van der Waals surface area contributed by atoms with Crippen molar-refractivity contribution in [1.29, 1.82) is 0 Å². The third-order valence-electron chi connectivity index (χ3n) is 8.06. The van der Waals surface area contributed by atoms with Gasteiger partial charge in [-0.2, -0.15) is 0 Å². The number of likely N-dealkylation sites (tertiary alicyclic amines) is 2. The van der Waals surface area contributed by atoms with Gasteiger partial charge in [-0.25, -0.2) is 14.4 Å². The Morgan fingerprint density at radius 3 is 2.41 bits per heavy atom. The van der Waals surface area contributed by atoms with Crippen molar-refractivity contribution in [3.05, 3.63) is 47.0 Å². The van der Waals surface area contributed by atoms with Gasteiger partial charge in [0.1, 0.15) is 11.6 Å². The van der Waals surface area contributed by atoms with Gasteiger partial charge in [0.25, 0.3) is 0 Å². The Morgan fingerprint density at radius 2 is 1.74 bits per heavy atom. The monoisotopic (exact) mass is 561 g/mol.